The molecule has 1 aromatic heterocycles. The van der Waals surface area contributed by atoms with Gasteiger partial charge in [-0.25, -0.2) is 0 Å². The molecular formula is C24H25N5O3. The molecule has 3 aromatic rings. The Morgan fingerprint density at radius 1 is 0.969 bits per heavy atom. The fourth-order valence-corrected chi connectivity index (χ4v) is 3.68. The van der Waals surface area contributed by atoms with Gasteiger partial charge in [-0.05, 0) is 29.8 Å². The van der Waals surface area contributed by atoms with Crippen LogP contribution in [0.4, 0.5) is 0 Å². The lowest BCUT2D eigenvalue weighted by molar-refractivity contribution is -0.133. The number of amides is 3. The van der Waals surface area contributed by atoms with Gasteiger partial charge in [0.2, 0.25) is 11.8 Å². The molecule has 32 heavy (non-hydrogen) atoms. The number of piperazine rings is 1. The van der Waals surface area contributed by atoms with Crippen LogP contribution in [0.25, 0.3) is 23.1 Å². The average molecular weight is 431 g/mol. The van der Waals surface area contributed by atoms with Crippen LogP contribution in [-0.4, -0.2) is 70.4 Å². The number of carbonyl (C=O) groups excluding carboxylic acids is 3. The van der Waals surface area contributed by atoms with E-state index in [1.165, 1.54) is 6.92 Å². The predicted octanol–water partition coefficient (Wildman–Crippen LogP) is 2.15. The molecule has 1 fully saturated rings. The molecule has 1 saturated heterocycles. The number of aromatic amines is 1. The molecule has 2 aromatic carbocycles. The van der Waals surface area contributed by atoms with Crippen molar-refractivity contribution < 1.29 is 14.4 Å². The topological polar surface area (TPSA) is 98.4 Å². The maximum atomic E-state index is 12.8. The first-order valence-electron chi connectivity index (χ1n) is 10.5. The van der Waals surface area contributed by atoms with Crippen molar-refractivity contribution in [3.05, 3.63) is 65.4 Å². The van der Waals surface area contributed by atoms with Crippen molar-refractivity contribution >= 4 is 40.8 Å². The van der Waals surface area contributed by atoms with Crippen LogP contribution in [0.15, 0.2) is 48.5 Å². The molecule has 0 radical (unpaired) electrons. The van der Waals surface area contributed by atoms with E-state index in [2.05, 4.69) is 15.5 Å². The lowest BCUT2D eigenvalue weighted by Gasteiger charge is -2.34. The second-order valence-electron chi connectivity index (χ2n) is 7.69. The highest BCUT2D eigenvalue weighted by Gasteiger charge is 2.24. The summed E-state index contributed by atoms with van der Waals surface area (Å²) < 4.78 is 0. The number of hydrogen-bond donors (Lipinski definition) is 2. The summed E-state index contributed by atoms with van der Waals surface area (Å²) in [6, 6.07) is 15.4. The number of aromatic nitrogens is 2. The monoisotopic (exact) mass is 431 g/mol. The van der Waals surface area contributed by atoms with Crippen LogP contribution in [0, 0.1) is 0 Å². The molecule has 164 valence electrons. The van der Waals surface area contributed by atoms with Crippen molar-refractivity contribution in [3.8, 4) is 0 Å². The number of carbonyl (C=O) groups is 3. The number of nitrogens with one attached hydrogen (secondary N) is 2. The van der Waals surface area contributed by atoms with Crippen LogP contribution in [-0.2, 0) is 9.59 Å². The van der Waals surface area contributed by atoms with E-state index >= 15 is 0 Å². The maximum absolute atomic E-state index is 12.8. The average Bonchev–Trinajstić information content (AvgIpc) is 3.24. The largest absolute Gasteiger partial charge is 0.347 e. The quantitative estimate of drug-likeness (QED) is 0.647. The Labute approximate surface area is 185 Å². The summed E-state index contributed by atoms with van der Waals surface area (Å²) in [5, 5.41) is 10.9. The van der Waals surface area contributed by atoms with Crippen LogP contribution in [0.1, 0.15) is 28.5 Å². The molecular weight excluding hydrogens is 406 g/mol. The van der Waals surface area contributed by atoms with Crippen LogP contribution < -0.4 is 5.32 Å². The molecule has 0 bridgehead atoms. The van der Waals surface area contributed by atoms with Gasteiger partial charge in [0.05, 0.1) is 17.8 Å². The molecule has 2 N–H and O–H groups in total. The number of rotatable bonds is 5. The normalized spacial score (nSPS) is 14.2. The van der Waals surface area contributed by atoms with Crippen molar-refractivity contribution in [2.75, 3.05) is 32.7 Å². The molecule has 3 amide bonds. The fraction of sp³-hybridized carbons (Fsp3) is 0.250. The lowest BCUT2D eigenvalue weighted by atomic mass is 10.1. The minimum Gasteiger partial charge on any atom is -0.347 e. The van der Waals surface area contributed by atoms with Gasteiger partial charge in [0, 0.05) is 44.1 Å². The third kappa shape index (κ3) is 4.85. The van der Waals surface area contributed by atoms with Crippen LogP contribution in [0.2, 0.25) is 0 Å². The smallest absolute Gasteiger partial charge is 0.253 e. The van der Waals surface area contributed by atoms with Gasteiger partial charge in [0.25, 0.3) is 5.91 Å². The molecule has 8 nitrogen and oxygen atoms in total. The zero-order chi connectivity index (χ0) is 22.5. The van der Waals surface area contributed by atoms with Crippen molar-refractivity contribution in [2.45, 2.75) is 6.92 Å². The highest BCUT2D eigenvalue weighted by atomic mass is 16.2. The Kier molecular flexibility index (Phi) is 6.30. The van der Waals surface area contributed by atoms with E-state index in [0.29, 0.717) is 31.7 Å². The maximum Gasteiger partial charge on any atom is 0.253 e. The Balaban J connectivity index is 1.33. The molecule has 1 aliphatic heterocycles. The van der Waals surface area contributed by atoms with Crippen molar-refractivity contribution in [2.24, 2.45) is 0 Å². The fourth-order valence-electron chi connectivity index (χ4n) is 3.68. The van der Waals surface area contributed by atoms with E-state index in [-0.39, 0.29) is 24.3 Å². The summed E-state index contributed by atoms with van der Waals surface area (Å²) in [6.07, 6.45) is 3.92. The van der Waals surface area contributed by atoms with Gasteiger partial charge in [-0.1, -0.05) is 36.4 Å². The van der Waals surface area contributed by atoms with E-state index < -0.39 is 0 Å². The zero-order valence-electron chi connectivity index (χ0n) is 17.9. The molecule has 4 rings (SSSR count). The minimum atomic E-state index is -0.233. The second kappa shape index (κ2) is 9.47. The highest BCUT2D eigenvalue weighted by molar-refractivity contribution is 5.95. The van der Waals surface area contributed by atoms with Crippen LogP contribution in [0.3, 0.4) is 0 Å². The summed E-state index contributed by atoms with van der Waals surface area (Å²) in [7, 11) is 0. The van der Waals surface area contributed by atoms with Gasteiger partial charge in [-0.15, -0.1) is 0 Å². The van der Waals surface area contributed by atoms with Gasteiger partial charge in [0.15, 0.2) is 0 Å². The van der Waals surface area contributed by atoms with Gasteiger partial charge in [-0.3, -0.25) is 19.5 Å². The first kappa shape index (κ1) is 21.3. The first-order chi connectivity index (χ1) is 15.5. The molecule has 8 heteroatoms. The zero-order valence-corrected chi connectivity index (χ0v) is 17.9. The SMILES string of the molecule is CC(=O)NCC(=O)N1CCN(C(=O)c2ccc(/C=C/c3n[nH]c4ccccc34)cc2)CC1. The summed E-state index contributed by atoms with van der Waals surface area (Å²) in [5.41, 5.74) is 3.45. The molecule has 0 unspecified atom stereocenters. The number of nitrogens with zero attached hydrogens (tertiary/aromatic N) is 3. The molecule has 0 atom stereocenters. The number of fused-ring (bicyclic) bond motifs is 1. The van der Waals surface area contributed by atoms with E-state index in [1.807, 2.05) is 60.7 Å². The third-order valence-electron chi connectivity index (χ3n) is 5.50. The number of para-hydroxylation sites is 1. The third-order valence-corrected chi connectivity index (χ3v) is 5.50. The van der Waals surface area contributed by atoms with E-state index in [1.54, 1.807) is 9.80 Å². The molecule has 0 spiro atoms. The highest BCUT2D eigenvalue weighted by Crippen LogP contribution is 2.18. The van der Waals surface area contributed by atoms with Gasteiger partial charge in [-0.2, -0.15) is 5.10 Å². The van der Waals surface area contributed by atoms with Crippen molar-refractivity contribution in [1.29, 1.82) is 0 Å². The van der Waals surface area contributed by atoms with Gasteiger partial charge in [0.1, 0.15) is 0 Å². The Hall–Kier alpha value is -3.94. The molecule has 1 aliphatic rings. The number of hydrogen-bond acceptors (Lipinski definition) is 4. The summed E-state index contributed by atoms with van der Waals surface area (Å²) in [4.78, 5) is 39.3. The Morgan fingerprint density at radius 2 is 1.66 bits per heavy atom. The van der Waals surface area contributed by atoms with E-state index in [9.17, 15) is 14.4 Å². The van der Waals surface area contributed by atoms with Gasteiger partial charge >= 0.3 is 0 Å². The lowest BCUT2D eigenvalue weighted by Crippen LogP contribution is -2.52. The Bertz CT molecular complexity index is 1160. The molecule has 0 aliphatic carbocycles. The summed E-state index contributed by atoms with van der Waals surface area (Å²) >= 11 is 0. The molecule has 0 saturated carbocycles. The van der Waals surface area contributed by atoms with Crippen LogP contribution in [0.5, 0.6) is 0 Å². The second-order valence-corrected chi connectivity index (χ2v) is 7.69. The minimum absolute atomic E-state index is 0.00761. The van der Waals surface area contributed by atoms with E-state index in [0.717, 1.165) is 22.2 Å². The number of H-pyrrole nitrogens is 1. The van der Waals surface area contributed by atoms with Crippen LogP contribution >= 0.6 is 0 Å². The summed E-state index contributed by atoms with van der Waals surface area (Å²) in [5.74, 6) is -0.413. The van der Waals surface area contributed by atoms with Gasteiger partial charge < -0.3 is 15.1 Å². The molecule has 2 heterocycles. The van der Waals surface area contributed by atoms with Crippen molar-refractivity contribution in [3.63, 3.8) is 0 Å². The van der Waals surface area contributed by atoms with Crippen molar-refractivity contribution in [1.82, 2.24) is 25.3 Å². The number of benzene rings is 2. The van der Waals surface area contributed by atoms with E-state index in [4.69, 9.17) is 0 Å². The predicted molar refractivity (Wildman–Crippen MR) is 123 cm³/mol. The first-order valence-corrected chi connectivity index (χ1v) is 10.5. The standard InChI is InChI=1S/C24H25N5O3/c1-17(30)25-16-23(31)28-12-14-29(15-13-28)24(32)19-9-6-18(7-10-19)8-11-22-20-4-2-3-5-21(20)26-27-22/h2-11H,12-16H2,1H3,(H,25,30)(H,26,27)/b11-8+. The Morgan fingerprint density at radius 3 is 2.38 bits per heavy atom. The summed E-state index contributed by atoms with van der Waals surface area (Å²) in [6.45, 7) is 3.23.